The summed E-state index contributed by atoms with van der Waals surface area (Å²) in [5, 5.41) is 0. The second-order valence-electron chi connectivity index (χ2n) is 7.17. The van der Waals surface area contributed by atoms with Crippen molar-refractivity contribution < 1.29 is 22.1 Å². The Balaban J connectivity index is 1.54. The van der Waals surface area contributed by atoms with Gasteiger partial charge in [-0.2, -0.15) is 8.42 Å². The van der Waals surface area contributed by atoms with Crippen molar-refractivity contribution >= 4 is 26.4 Å². The maximum absolute atomic E-state index is 13.0. The van der Waals surface area contributed by atoms with E-state index in [4.69, 9.17) is 9.29 Å². The van der Waals surface area contributed by atoms with E-state index in [1.165, 1.54) is 41.7 Å². The zero-order chi connectivity index (χ0) is 20.8. The van der Waals surface area contributed by atoms with Crippen LogP contribution in [0.2, 0.25) is 0 Å². The van der Waals surface area contributed by atoms with Crippen LogP contribution in [0, 0.1) is 18.7 Å². The van der Waals surface area contributed by atoms with E-state index in [0.29, 0.717) is 22.8 Å². The molecule has 1 fully saturated rings. The Kier molecular flexibility index (Phi) is 5.18. The Hall–Kier alpha value is -2.30. The van der Waals surface area contributed by atoms with Crippen molar-refractivity contribution in [3.63, 3.8) is 0 Å². The zero-order valence-corrected chi connectivity index (χ0v) is 17.2. The van der Waals surface area contributed by atoms with E-state index < -0.39 is 10.1 Å². The van der Waals surface area contributed by atoms with Gasteiger partial charge in [0.05, 0.1) is 11.4 Å². The minimum absolute atomic E-state index is 0.0874. The number of hydrogen-bond donors (Lipinski definition) is 1. The molecular weight excluding hydrogens is 419 g/mol. The van der Waals surface area contributed by atoms with Gasteiger partial charge < -0.3 is 4.74 Å². The zero-order valence-electron chi connectivity index (χ0n) is 15.5. The van der Waals surface area contributed by atoms with Crippen LogP contribution in [-0.4, -0.2) is 28.1 Å². The molecule has 0 aliphatic heterocycles. The fourth-order valence-corrected chi connectivity index (χ4v) is 5.20. The lowest BCUT2D eigenvalue weighted by Crippen LogP contribution is -2.17. The van der Waals surface area contributed by atoms with E-state index in [0.717, 1.165) is 17.0 Å². The number of ether oxygens (including phenoxy) is 1. The Labute approximate surface area is 170 Å². The summed E-state index contributed by atoms with van der Waals surface area (Å²) < 4.78 is 51.0. The Bertz CT molecular complexity index is 1220. The van der Waals surface area contributed by atoms with Gasteiger partial charge in [-0.05, 0) is 49.9 Å². The third-order valence-corrected chi connectivity index (χ3v) is 6.73. The number of hydrogen-bond acceptors (Lipinski definition) is 6. The van der Waals surface area contributed by atoms with Gasteiger partial charge in [0.1, 0.15) is 18.2 Å². The summed E-state index contributed by atoms with van der Waals surface area (Å²) in [6, 6.07) is 7.03. The molecule has 2 unspecified atom stereocenters. The summed E-state index contributed by atoms with van der Waals surface area (Å²) in [6.45, 7) is 2.01. The molecule has 2 atom stereocenters. The molecule has 4 rings (SSSR count). The molecule has 0 radical (unpaired) electrons. The topological polar surface area (TPSA) is 98.0 Å². The Morgan fingerprint density at radius 2 is 2.07 bits per heavy atom. The first kappa shape index (κ1) is 20.0. The number of benzene rings is 1. The third kappa shape index (κ3) is 4.49. The lowest BCUT2D eigenvalue weighted by Gasteiger charge is -2.06. The van der Waals surface area contributed by atoms with Crippen LogP contribution < -0.4 is 10.3 Å². The van der Waals surface area contributed by atoms with Crippen LogP contribution in [0.5, 0.6) is 5.75 Å². The predicted octanol–water partition coefficient (Wildman–Crippen LogP) is 3.16. The quantitative estimate of drug-likeness (QED) is 0.569. The highest BCUT2D eigenvalue weighted by atomic mass is 32.2. The minimum Gasteiger partial charge on any atom is -0.487 e. The van der Waals surface area contributed by atoms with Crippen molar-refractivity contribution in [3.05, 3.63) is 62.8 Å². The molecule has 0 bridgehead atoms. The number of fused-ring (bicyclic) bond motifs is 1. The first-order valence-corrected chi connectivity index (χ1v) is 11.5. The number of aryl methyl sites for hydroxylation is 1. The molecule has 0 saturated heterocycles. The molecule has 29 heavy (non-hydrogen) atoms. The first-order chi connectivity index (χ1) is 13.7. The number of thiazole rings is 1. The van der Waals surface area contributed by atoms with Crippen LogP contribution in [-0.2, 0) is 16.7 Å². The number of aromatic nitrogens is 2. The summed E-state index contributed by atoms with van der Waals surface area (Å²) >= 11 is 1.40. The average Bonchev–Trinajstić information content (AvgIpc) is 3.33. The van der Waals surface area contributed by atoms with Crippen molar-refractivity contribution in [1.82, 2.24) is 9.38 Å². The SMILES string of the molecule is Cc1sc2nc(COc3ccc(F)cc3)cc(=O)n2c1C1CC1CCS(=O)(=O)O. The largest absolute Gasteiger partial charge is 0.487 e. The highest BCUT2D eigenvalue weighted by Crippen LogP contribution is 2.51. The number of nitrogens with zero attached hydrogens (tertiary/aromatic N) is 2. The number of rotatable bonds is 7. The van der Waals surface area contributed by atoms with E-state index >= 15 is 0 Å². The van der Waals surface area contributed by atoms with Gasteiger partial charge in [-0.1, -0.05) is 0 Å². The lowest BCUT2D eigenvalue weighted by molar-refractivity contribution is 0.301. The van der Waals surface area contributed by atoms with Gasteiger partial charge in [-0.15, -0.1) is 11.3 Å². The smallest absolute Gasteiger partial charge is 0.264 e. The van der Waals surface area contributed by atoms with E-state index in [9.17, 15) is 17.6 Å². The summed E-state index contributed by atoms with van der Waals surface area (Å²) in [5.41, 5.74) is 1.13. The van der Waals surface area contributed by atoms with E-state index in [1.54, 1.807) is 4.40 Å². The van der Waals surface area contributed by atoms with Gasteiger partial charge in [0.25, 0.3) is 15.7 Å². The van der Waals surface area contributed by atoms with Gasteiger partial charge in [0.15, 0.2) is 4.96 Å². The average molecular weight is 439 g/mol. The van der Waals surface area contributed by atoms with Crippen molar-refractivity contribution in [2.24, 2.45) is 5.92 Å². The summed E-state index contributed by atoms with van der Waals surface area (Å²) in [7, 11) is -3.98. The van der Waals surface area contributed by atoms with Crippen LogP contribution in [0.3, 0.4) is 0 Å². The van der Waals surface area contributed by atoms with Crippen LogP contribution >= 0.6 is 11.3 Å². The van der Waals surface area contributed by atoms with E-state index in [2.05, 4.69) is 4.98 Å². The molecule has 1 aromatic carbocycles. The highest BCUT2D eigenvalue weighted by molar-refractivity contribution is 7.85. The molecule has 7 nitrogen and oxygen atoms in total. The van der Waals surface area contributed by atoms with Gasteiger partial charge in [0, 0.05) is 22.6 Å². The second-order valence-corrected chi connectivity index (χ2v) is 9.92. The molecule has 1 aliphatic rings. The molecule has 1 aliphatic carbocycles. The number of halogens is 1. The van der Waals surface area contributed by atoms with Crippen LogP contribution in [0.1, 0.15) is 35.0 Å². The molecule has 0 spiro atoms. The van der Waals surface area contributed by atoms with Crippen LogP contribution in [0.25, 0.3) is 4.96 Å². The summed E-state index contributed by atoms with van der Waals surface area (Å²) in [5.74, 6) is 0.0729. The third-order valence-electron chi connectivity index (χ3n) is 5.01. The van der Waals surface area contributed by atoms with Gasteiger partial charge in [-0.3, -0.25) is 13.7 Å². The molecule has 3 aromatic rings. The minimum atomic E-state index is -3.98. The molecule has 154 valence electrons. The molecule has 10 heteroatoms. The van der Waals surface area contributed by atoms with Crippen LogP contribution in [0.4, 0.5) is 4.39 Å². The predicted molar refractivity (Wildman–Crippen MR) is 107 cm³/mol. The van der Waals surface area contributed by atoms with Crippen molar-refractivity contribution in [1.29, 1.82) is 0 Å². The second kappa shape index (κ2) is 7.51. The fourth-order valence-electron chi connectivity index (χ4n) is 3.53. The molecule has 2 aromatic heterocycles. The van der Waals surface area contributed by atoms with E-state index in [1.807, 2.05) is 6.92 Å². The van der Waals surface area contributed by atoms with Crippen molar-refractivity contribution in [2.75, 3.05) is 5.75 Å². The normalized spacial score (nSPS) is 18.9. The monoisotopic (exact) mass is 438 g/mol. The van der Waals surface area contributed by atoms with Gasteiger partial charge in [-0.25, -0.2) is 9.37 Å². The lowest BCUT2D eigenvalue weighted by atomic mass is 10.2. The first-order valence-electron chi connectivity index (χ1n) is 9.07. The molecular formula is C19H19FN2O5S2. The Morgan fingerprint density at radius 1 is 1.34 bits per heavy atom. The molecule has 2 heterocycles. The maximum atomic E-state index is 13.0. The standard InChI is InChI=1S/C19H19FN2O5S2/c1-11-18(16-8-12(16)6-7-29(24,25)26)22-17(23)9-14(21-19(22)28-11)10-27-15-4-2-13(20)3-5-15/h2-5,9,12,16H,6-8,10H2,1H3,(H,24,25,26). The summed E-state index contributed by atoms with van der Waals surface area (Å²) in [4.78, 5) is 18.8. The Morgan fingerprint density at radius 3 is 2.76 bits per heavy atom. The summed E-state index contributed by atoms with van der Waals surface area (Å²) in [6.07, 6.45) is 1.15. The molecule has 1 saturated carbocycles. The van der Waals surface area contributed by atoms with Crippen molar-refractivity contribution in [2.45, 2.75) is 32.3 Å². The maximum Gasteiger partial charge on any atom is 0.264 e. The highest BCUT2D eigenvalue weighted by Gasteiger charge is 2.42. The van der Waals surface area contributed by atoms with Crippen molar-refractivity contribution in [3.8, 4) is 5.75 Å². The molecule has 1 N–H and O–H groups in total. The van der Waals surface area contributed by atoms with Gasteiger partial charge >= 0.3 is 0 Å². The molecule has 0 amide bonds. The van der Waals surface area contributed by atoms with Gasteiger partial charge in [0.2, 0.25) is 0 Å². The van der Waals surface area contributed by atoms with E-state index in [-0.39, 0.29) is 35.6 Å². The van der Waals surface area contributed by atoms with Crippen LogP contribution in [0.15, 0.2) is 35.1 Å². The fraction of sp³-hybridized carbons (Fsp3) is 0.368.